The van der Waals surface area contributed by atoms with Crippen molar-refractivity contribution in [1.82, 2.24) is 16.0 Å². The molecule has 0 atom stereocenters. The Hall–Kier alpha value is -3.29. The smallest absolute Gasteiger partial charge is 0.405 e. The molecule has 0 saturated heterocycles. The minimum absolute atomic E-state index is 0.0117. The van der Waals surface area contributed by atoms with Crippen molar-refractivity contribution in [3.63, 3.8) is 0 Å². The van der Waals surface area contributed by atoms with Crippen LogP contribution in [0.5, 0.6) is 5.75 Å². The van der Waals surface area contributed by atoms with Crippen molar-refractivity contribution >= 4 is 17.7 Å². The number of nitrogens with zero attached hydrogens (tertiary/aromatic N) is 1. The molecule has 3 rings (SSSR count). The molecule has 0 aromatic heterocycles. The van der Waals surface area contributed by atoms with Crippen LogP contribution in [0.3, 0.4) is 0 Å². The number of halogens is 3. The van der Waals surface area contributed by atoms with Crippen LogP contribution in [0.2, 0.25) is 0 Å². The first-order chi connectivity index (χ1) is 16.5. The topological polar surface area (TPSA) is 120 Å². The summed E-state index contributed by atoms with van der Waals surface area (Å²) in [5, 5.41) is 17.4. The molecule has 2 fully saturated rings. The van der Waals surface area contributed by atoms with E-state index in [2.05, 4.69) is 20.7 Å². The van der Waals surface area contributed by atoms with Gasteiger partial charge in [-0.25, -0.2) is 0 Å². The first-order valence-electron chi connectivity index (χ1n) is 11.7. The second-order valence-corrected chi connectivity index (χ2v) is 9.06. The summed E-state index contributed by atoms with van der Waals surface area (Å²) in [7, 11) is 0. The quantitative estimate of drug-likeness (QED) is 0.513. The maximum Gasteiger partial charge on any atom is 0.573 e. The van der Waals surface area contributed by atoms with Gasteiger partial charge in [-0.2, -0.15) is 5.26 Å². The van der Waals surface area contributed by atoms with Crippen LogP contribution in [0.1, 0.15) is 69.4 Å². The molecule has 0 aliphatic heterocycles. The molecule has 11 heteroatoms. The molecule has 0 bridgehead atoms. The van der Waals surface area contributed by atoms with Gasteiger partial charge in [-0.3, -0.25) is 14.4 Å². The molecule has 3 amide bonds. The van der Waals surface area contributed by atoms with Crippen molar-refractivity contribution in [2.24, 2.45) is 5.92 Å². The molecule has 0 radical (unpaired) electrons. The molecule has 1 aromatic rings. The Morgan fingerprint density at radius 1 is 1.17 bits per heavy atom. The highest BCUT2D eigenvalue weighted by molar-refractivity contribution is 5.92. The fourth-order valence-electron chi connectivity index (χ4n) is 4.43. The predicted octanol–water partition coefficient (Wildman–Crippen LogP) is 3.20. The van der Waals surface area contributed by atoms with Gasteiger partial charge in [0, 0.05) is 30.5 Å². The lowest BCUT2D eigenvalue weighted by molar-refractivity contribution is -0.274. The van der Waals surface area contributed by atoms with Gasteiger partial charge in [0.15, 0.2) is 0 Å². The standard InChI is InChI=1S/C24H29F3N4O4/c1-2-20(32)31-23(10-3-11-23)22(34)30-18-8-6-16(7-9-18)21(33)29-14-17-5-4-15(13-28)12-19(17)35-24(25,26)27/h4-5,12,16,18H,2-3,6-11,14H2,1H3,(H,29,33)(H,30,34)(H,31,32). The average molecular weight is 495 g/mol. The number of alkyl halides is 3. The van der Waals surface area contributed by atoms with Gasteiger partial charge in [0.25, 0.3) is 0 Å². The van der Waals surface area contributed by atoms with Crippen LogP contribution in [-0.2, 0) is 20.9 Å². The van der Waals surface area contributed by atoms with E-state index >= 15 is 0 Å². The number of hydrogen-bond acceptors (Lipinski definition) is 5. The number of amides is 3. The Labute approximate surface area is 201 Å². The second-order valence-electron chi connectivity index (χ2n) is 9.06. The first-order valence-corrected chi connectivity index (χ1v) is 11.7. The van der Waals surface area contributed by atoms with E-state index in [-0.39, 0.29) is 47.4 Å². The maximum atomic E-state index is 12.8. The first kappa shape index (κ1) is 26.3. The lowest BCUT2D eigenvalue weighted by Gasteiger charge is -2.42. The summed E-state index contributed by atoms with van der Waals surface area (Å²) in [5.74, 6) is -1.49. The van der Waals surface area contributed by atoms with Crippen molar-refractivity contribution in [3.8, 4) is 11.8 Å². The molecule has 3 N–H and O–H groups in total. The van der Waals surface area contributed by atoms with Crippen LogP contribution in [0.4, 0.5) is 13.2 Å². The molecule has 2 aliphatic rings. The number of nitrogens with one attached hydrogen (secondary N) is 3. The van der Waals surface area contributed by atoms with Crippen LogP contribution in [0, 0.1) is 17.2 Å². The summed E-state index contributed by atoms with van der Waals surface area (Å²) in [6.07, 6.45) is -0.320. The normalized spacial score (nSPS) is 21.1. The van der Waals surface area contributed by atoms with Gasteiger partial charge in [-0.15, -0.1) is 13.2 Å². The molecule has 2 aliphatic carbocycles. The van der Waals surface area contributed by atoms with E-state index in [4.69, 9.17) is 5.26 Å². The van der Waals surface area contributed by atoms with Gasteiger partial charge in [0.2, 0.25) is 17.7 Å². The van der Waals surface area contributed by atoms with E-state index in [1.165, 1.54) is 12.1 Å². The molecule has 1 aromatic carbocycles. The predicted molar refractivity (Wildman–Crippen MR) is 119 cm³/mol. The van der Waals surface area contributed by atoms with Gasteiger partial charge in [0.05, 0.1) is 11.6 Å². The summed E-state index contributed by atoms with van der Waals surface area (Å²) >= 11 is 0. The largest absolute Gasteiger partial charge is 0.573 e. The summed E-state index contributed by atoms with van der Waals surface area (Å²) in [6, 6.07) is 5.32. The fourth-order valence-corrected chi connectivity index (χ4v) is 4.43. The Bertz CT molecular complexity index is 993. The van der Waals surface area contributed by atoms with E-state index in [1.807, 2.05) is 0 Å². The molecule has 2 saturated carbocycles. The number of carbonyl (C=O) groups excluding carboxylic acids is 3. The van der Waals surface area contributed by atoms with Crippen molar-refractivity contribution in [2.45, 2.75) is 82.8 Å². The van der Waals surface area contributed by atoms with Crippen molar-refractivity contribution < 1.29 is 32.3 Å². The molecular weight excluding hydrogens is 465 g/mol. The van der Waals surface area contributed by atoms with Crippen molar-refractivity contribution in [1.29, 1.82) is 5.26 Å². The molecule has 190 valence electrons. The molecule has 0 unspecified atom stereocenters. The van der Waals surface area contributed by atoms with Crippen LogP contribution in [0.15, 0.2) is 18.2 Å². The van der Waals surface area contributed by atoms with Gasteiger partial charge in [-0.05, 0) is 57.1 Å². The zero-order valence-electron chi connectivity index (χ0n) is 19.5. The Morgan fingerprint density at radius 3 is 2.40 bits per heavy atom. The second kappa shape index (κ2) is 11.0. The monoisotopic (exact) mass is 494 g/mol. The van der Waals surface area contributed by atoms with Crippen molar-refractivity contribution in [3.05, 3.63) is 29.3 Å². The molecule has 0 heterocycles. The highest BCUT2D eigenvalue weighted by Crippen LogP contribution is 2.33. The Balaban J connectivity index is 1.50. The van der Waals surface area contributed by atoms with E-state index in [0.29, 0.717) is 44.9 Å². The number of benzene rings is 1. The number of ether oxygens (including phenoxy) is 1. The zero-order chi connectivity index (χ0) is 25.6. The number of carbonyl (C=O) groups is 3. The lowest BCUT2D eigenvalue weighted by Crippen LogP contribution is -2.64. The molecule has 0 spiro atoms. The molecule has 35 heavy (non-hydrogen) atoms. The molecular formula is C24H29F3N4O4. The summed E-state index contributed by atoms with van der Waals surface area (Å²) in [6.45, 7) is 1.56. The van der Waals surface area contributed by atoms with E-state index in [1.54, 1.807) is 13.0 Å². The average Bonchev–Trinajstić information content (AvgIpc) is 2.79. The Kier molecular flexibility index (Phi) is 8.25. The van der Waals surface area contributed by atoms with Crippen molar-refractivity contribution in [2.75, 3.05) is 0 Å². The van der Waals surface area contributed by atoms with Crippen LogP contribution < -0.4 is 20.7 Å². The zero-order valence-corrected chi connectivity index (χ0v) is 19.5. The minimum Gasteiger partial charge on any atom is -0.405 e. The Morgan fingerprint density at radius 2 is 1.86 bits per heavy atom. The summed E-state index contributed by atoms with van der Waals surface area (Å²) in [4.78, 5) is 37.2. The summed E-state index contributed by atoms with van der Waals surface area (Å²) in [5.41, 5.74) is -0.716. The summed E-state index contributed by atoms with van der Waals surface area (Å²) < 4.78 is 42.1. The van der Waals surface area contributed by atoms with Crippen LogP contribution in [0.25, 0.3) is 0 Å². The van der Waals surface area contributed by atoms with Gasteiger partial charge in [0.1, 0.15) is 11.3 Å². The van der Waals surface area contributed by atoms with Crippen LogP contribution in [-0.4, -0.2) is 35.7 Å². The van der Waals surface area contributed by atoms with Gasteiger partial charge in [-0.1, -0.05) is 13.0 Å². The number of hydrogen-bond donors (Lipinski definition) is 3. The molecule has 8 nitrogen and oxygen atoms in total. The fraction of sp³-hybridized carbons (Fsp3) is 0.583. The highest BCUT2D eigenvalue weighted by Gasteiger charge is 2.46. The number of rotatable bonds is 8. The van der Waals surface area contributed by atoms with E-state index < -0.39 is 17.7 Å². The lowest BCUT2D eigenvalue weighted by atomic mass is 9.75. The number of nitriles is 1. The van der Waals surface area contributed by atoms with Crippen LogP contribution >= 0.6 is 0 Å². The third kappa shape index (κ3) is 6.87. The minimum atomic E-state index is -4.92. The maximum absolute atomic E-state index is 12.8. The third-order valence-corrected chi connectivity index (χ3v) is 6.65. The highest BCUT2D eigenvalue weighted by atomic mass is 19.4. The third-order valence-electron chi connectivity index (χ3n) is 6.65. The van der Waals surface area contributed by atoms with E-state index in [9.17, 15) is 27.6 Å². The van der Waals surface area contributed by atoms with Gasteiger partial charge < -0.3 is 20.7 Å². The SMILES string of the molecule is CCC(=O)NC1(C(=O)NC2CCC(C(=O)NCc3ccc(C#N)cc3OC(F)(F)F)CC2)CCC1. The van der Waals surface area contributed by atoms with Gasteiger partial charge >= 0.3 is 6.36 Å². The van der Waals surface area contributed by atoms with E-state index in [0.717, 1.165) is 12.5 Å².